The number of nitrogens with one attached hydrogen (secondary N) is 1. The summed E-state index contributed by atoms with van der Waals surface area (Å²) in [6.45, 7) is 6.30. The second-order valence-corrected chi connectivity index (χ2v) is 5.21. The molecule has 0 aliphatic heterocycles. The highest BCUT2D eigenvalue weighted by Gasteiger charge is 2.08. The van der Waals surface area contributed by atoms with Crippen molar-refractivity contribution in [3.05, 3.63) is 65.4 Å². The van der Waals surface area contributed by atoms with Crippen LogP contribution in [0, 0.1) is 20.8 Å². The molecule has 2 heteroatoms. The molecular formula is C18H18N2. The van der Waals surface area contributed by atoms with Crippen LogP contribution in [0.2, 0.25) is 0 Å². The maximum Gasteiger partial charge on any atom is 0.0757 e. The third-order valence-electron chi connectivity index (χ3n) is 3.69. The van der Waals surface area contributed by atoms with E-state index < -0.39 is 0 Å². The van der Waals surface area contributed by atoms with Crippen LogP contribution in [0.15, 0.2) is 48.5 Å². The molecular weight excluding hydrogens is 244 g/mol. The average molecular weight is 262 g/mol. The zero-order valence-electron chi connectivity index (χ0n) is 12.1. The molecule has 0 aliphatic rings. The smallest absolute Gasteiger partial charge is 0.0757 e. The Balaban J connectivity index is 2.18. The number of hydrogen-bond acceptors (Lipinski definition) is 2. The second-order valence-electron chi connectivity index (χ2n) is 5.21. The molecule has 0 saturated heterocycles. The number of anilines is 2. The molecule has 1 heterocycles. The summed E-state index contributed by atoms with van der Waals surface area (Å²) in [5.74, 6) is 0. The second kappa shape index (κ2) is 4.97. The lowest BCUT2D eigenvalue weighted by Crippen LogP contribution is -1.96. The zero-order chi connectivity index (χ0) is 14.1. The summed E-state index contributed by atoms with van der Waals surface area (Å²) in [5, 5.41) is 4.66. The fourth-order valence-corrected chi connectivity index (χ4v) is 2.44. The largest absolute Gasteiger partial charge is 0.355 e. The fraction of sp³-hybridized carbons (Fsp3) is 0.167. The van der Waals surface area contributed by atoms with E-state index in [9.17, 15) is 0 Å². The summed E-state index contributed by atoms with van der Waals surface area (Å²) in [5.41, 5.74) is 6.86. The van der Waals surface area contributed by atoms with E-state index in [0.29, 0.717) is 0 Å². The van der Waals surface area contributed by atoms with Crippen molar-refractivity contribution in [3.8, 4) is 0 Å². The molecule has 0 bridgehead atoms. The summed E-state index contributed by atoms with van der Waals surface area (Å²) >= 11 is 0. The number of aromatic nitrogens is 1. The lowest BCUT2D eigenvalue weighted by Gasteiger charge is -2.13. The van der Waals surface area contributed by atoms with Gasteiger partial charge in [-0.15, -0.1) is 0 Å². The Morgan fingerprint density at radius 2 is 1.65 bits per heavy atom. The first-order valence-corrected chi connectivity index (χ1v) is 6.85. The van der Waals surface area contributed by atoms with Gasteiger partial charge < -0.3 is 5.32 Å². The maximum atomic E-state index is 4.70. The Morgan fingerprint density at radius 1 is 0.900 bits per heavy atom. The Morgan fingerprint density at radius 3 is 2.40 bits per heavy atom. The average Bonchev–Trinajstić information content (AvgIpc) is 2.44. The zero-order valence-corrected chi connectivity index (χ0v) is 12.1. The number of nitrogens with zero attached hydrogens (tertiary/aromatic N) is 1. The van der Waals surface area contributed by atoms with E-state index in [1.165, 1.54) is 16.5 Å². The summed E-state index contributed by atoms with van der Waals surface area (Å²) in [6.07, 6.45) is 0. The van der Waals surface area contributed by atoms with E-state index in [2.05, 4.69) is 49.5 Å². The SMILES string of the molecule is Cc1cc(Nc2ccccc2)c2ccc(C)c(C)c2n1. The third-order valence-corrected chi connectivity index (χ3v) is 3.69. The van der Waals surface area contributed by atoms with Crippen LogP contribution in [-0.2, 0) is 0 Å². The molecule has 100 valence electrons. The van der Waals surface area contributed by atoms with Crippen LogP contribution < -0.4 is 5.32 Å². The Labute approximate surface area is 119 Å². The molecule has 0 unspecified atom stereocenters. The van der Waals surface area contributed by atoms with Gasteiger partial charge in [0.25, 0.3) is 0 Å². The van der Waals surface area contributed by atoms with Gasteiger partial charge in [0.2, 0.25) is 0 Å². The Hall–Kier alpha value is -2.35. The van der Waals surface area contributed by atoms with E-state index in [4.69, 9.17) is 4.98 Å². The quantitative estimate of drug-likeness (QED) is 0.710. The van der Waals surface area contributed by atoms with Gasteiger partial charge in [-0.1, -0.05) is 30.3 Å². The van der Waals surface area contributed by atoms with Crippen molar-refractivity contribution in [2.24, 2.45) is 0 Å². The van der Waals surface area contributed by atoms with Crippen LogP contribution in [0.25, 0.3) is 10.9 Å². The number of rotatable bonds is 2. The standard InChI is InChI=1S/C18H18N2/c1-12-9-10-16-17(20-15-7-5-4-6-8-15)11-13(2)19-18(16)14(12)3/h4-11H,1-3H3,(H,19,20). The molecule has 0 radical (unpaired) electrons. The maximum absolute atomic E-state index is 4.70. The topological polar surface area (TPSA) is 24.9 Å². The van der Waals surface area contributed by atoms with Crippen molar-refractivity contribution in [1.29, 1.82) is 0 Å². The molecule has 0 amide bonds. The fourth-order valence-electron chi connectivity index (χ4n) is 2.44. The number of benzene rings is 2. The minimum absolute atomic E-state index is 1.03. The lowest BCUT2D eigenvalue weighted by molar-refractivity contribution is 1.23. The molecule has 20 heavy (non-hydrogen) atoms. The van der Waals surface area contributed by atoms with Crippen molar-refractivity contribution < 1.29 is 0 Å². The van der Waals surface area contributed by atoms with Crippen molar-refractivity contribution in [1.82, 2.24) is 4.98 Å². The van der Waals surface area contributed by atoms with Gasteiger partial charge in [-0.05, 0) is 50.1 Å². The summed E-state index contributed by atoms with van der Waals surface area (Å²) in [4.78, 5) is 4.70. The van der Waals surface area contributed by atoms with Crippen LogP contribution in [0.4, 0.5) is 11.4 Å². The van der Waals surface area contributed by atoms with Crippen LogP contribution in [0.3, 0.4) is 0 Å². The highest BCUT2D eigenvalue weighted by atomic mass is 14.9. The Bertz CT molecular complexity index is 761. The van der Waals surface area contributed by atoms with Crippen LogP contribution >= 0.6 is 0 Å². The molecule has 1 N–H and O–H groups in total. The van der Waals surface area contributed by atoms with Gasteiger partial charge in [-0.2, -0.15) is 0 Å². The Kier molecular flexibility index (Phi) is 3.15. The van der Waals surface area contributed by atoms with Crippen molar-refractivity contribution in [3.63, 3.8) is 0 Å². The first kappa shape index (κ1) is 12.7. The number of para-hydroxylation sites is 1. The van der Waals surface area contributed by atoms with Gasteiger partial charge in [0.15, 0.2) is 0 Å². The predicted molar refractivity (Wildman–Crippen MR) is 85.7 cm³/mol. The minimum atomic E-state index is 1.03. The van der Waals surface area contributed by atoms with E-state index >= 15 is 0 Å². The molecule has 3 aromatic rings. The van der Waals surface area contributed by atoms with Crippen LogP contribution in [0.5, 0.6) is 0 Å². The highest BCUT2D eigenvalue weighted by molar-refractivity contribution is 5.95. The summed E-state index contributed by atoms with van der Waals surface area (Å²) in [6, 6.07) is 16.6. The van der Waals surface area contributed by atoms with Crippen molar-refractivity contribution in [2.75, 3.05) is 5.32 Å². The van der Waals surface area contributed by atoms with E-state index in [1.54, 1.807) is 0 Å². The molecule has 0 atom stereocenters. The van der Waals surface area contributed by atoms with Gasteiger partial charge in [-0.3, -0.25) is 4.98 Å². The molecule has 3 rings (SSSR count). The first-order chi connectivity index (χ1) is 9.65. The first-order valence-electron chi connectivity index (χ1n) is 6.85. The van der Waals surface area contributed by atoms with Crippen molar-refractivity contribution >= 4 is 22.3 Å². The third kappa shape index (κ3) is 2.25. The van der Waals surface area contributed by atoms with Crippen LogP contribution in [-0.4, -0.2) is 4.98 Å². The summed E-state index contributed by atoms with van der Waals surface area (Å²) < 4.78 is 0. The normalized spacial score (nSPS) is 10.8. The molecule has 1 aromatic heterocycles. The van der Waals surface area contributed by atoms with Gasteiger partial charge in [-0.25, -0.2) is 0 Å². The van der Waals surface area contributed by atoms with Gasteiger partial charge in [0, 0.05) is 22.5 Å². The number of fused-ring (bicyclic) bond motifs is 1. The van der Waals surface area contributed by atoms with Crippen molar-refractivity contribution in [2.45, 2.75) is 20.8 Å². The van der Waals surface area contributed by atoms with Gasteiger partial charge >= 0.3 is 0 Å². The molecule has 0 spiro atoms. The number of hydrogen-bond donors (Lipinski definition) is 1. The lowest BCUT2D eigenvalue weighted by atomic mass is 10.0. The molecule has 0 fully saturated rings. The molecule has 2 aromatic carbocycles. The highest BCUT2D eigenvalue weighted by Crippen LogP contribution is 2.29. The number of pyridine rings is 1. The minimum Gasteiger partial charge on any atom is -0.355 e. The summed E-state index contributed by atoms with van der Waals surface area (Å²) in [7, 11) is 0. The van der Waals surface area contributed by atoms with Crippen LogP contribution in [0.1, 0.15) is 16.8 Å². The van der Waals surface area contributed by atoms with E-state index in [-0.39, 0.29) is 0 Å². The van der Waals surface area contributed by atoms with Gasteiger partial charge in [0.1, 0.15) is 0 Å². The van der Waals surface area contributed by atoms with E-state index in [0.717, 1.165) is 22.6 Å². The predicted octanol–water partition coefficient (Wildman–Crippen LogP) is 4.90. The van der Waals surface area contributed by atoms with Gasteiger partial charge in [0.05, 0.1) is 5.52 Å². The number of aryl methyl sites for hydroxylation is 3. The van der Waals surface area contributed by atoms with E-state index in [1.807, 2.05) is 25.1 Å². The molecule has 0 saturated carbocycles. The molecule has 2 nitrogen and oxygen atoms in total. The molecule has 0 aliphatic carbocycles. The monoisotopic (exact) mass is 262 g/mol.